The number of nitrogens with zero attached hydrogens (tertiary/aromatic N) is 1. The summed E-state index contributed by atoms with van der Waals surface area (Å²) in [4.78, 5) is 41.5. The zero-order valence-electron chi connectivity index (χ0n) is 14.1. The molecule has 1 heterocycles. The summed E-state index contributed by atoms with van der Waals surface area (Å²) in [7, 11) is 0. The van der Waals surface area contributed by atoms with E-state index >= 15 is 0 Å². The average Bonchev–Trinajstić information content (AvgIpc) is 2.90. The van der Waals surface area contributed by atoms with Crippen LogP contribution in [0.3, 0.4) is 0 Å². The summed E-state index contributed by atoms with van der Waals surface area (Å²) >= 11 is 0. The summed E-state index contributed by atoms with van der Waals surface area (Å²) in [5.41, 5.74) is 7.48. The van der Waals surface area contributed by atoms with Crippen LogP contribution in [-0.4, -0.2) is 42.0 Å². The molecule has 1 atom stereocenters. The molecule has 2 aromatic carbocycles. The molecule has 0 saturated heterocycles. The van der Waals surface area contributed by atoms with E-state index < -0.39 is 17.9 Å². The highest BCUT2D eigenvalue weighted by molar-refractivity contribution is 6.20. The first-order valence-corrected chi connectivity index (χ1v) is 8.26. The van der Waals surface area contributed by atoms with Crippen LogP contribution in [0.4, 0.5) is 0 Å². The second-order valence-electron chi connectivity index (χ2n) is 5.87. The van der Waals surface area contributed by atoms with E-state index in [0.29, 0.717) is 17.5 Å². The van der Waals surface area contributed by atoms with Crippen molar-refractivity contribution in [2.45, 2.75) is 12.5 Å². The van der Waals surface area contributed by atoms with Gasteiger partial charge in [0.25, 0.3) is 11.8 Å². The van der Waals surface area contributed by atoms with Crippen molar-refractivity contribution in [2.75, 3.05) is 13.2 Å². The molecule has 1 aliphatic rings. The van der Waals surface area contributed by atoms with E-state index in [1.165, 1.54) is 0 Å². The van der Waals surface area contributed by atoms with Crippen molar-refractivity contribution in [3.8, 4) is 0 Å². The molecule has 7 nitrogen and oxygen atoms in total. The standard InChI is InChI=1S/C19H19N3O4/c20-16(12-13-6-2-1-3-7-13)17(23)21-10-11-26-22-18(24)14-8-4-5-9-15(14)19(22)25/h1-9,16H,10-12,20H2,(H,21,23)/t16-/m0/s1. The van der Waals surface area contributed by atoms with Crippen molar-refractivity contribution in [1.82, 2.24) is 10.4 Å². The van der Waals surface area contributed by atoms with Gasteiger partial charge in [0.1, 0.15) is 0 Å². The van der Waals surface area contributed by atoms with Gasteiger partial charge in [-0.3, -0.25) is 19.2 Å². The number of carbonyl (C=O) groups excluding carboxylic acids is 3. The highest BCUT2D eigenvalue weighted by atomic mass is 16.7. The van der Waals surface area contributed by atoms with E-state index in [-0.39, 0.29) is 19.1 Å². The summed E-state index contributed by atoms with van der Waals surface area (Å²) in [6.45, 7) is 0.115. The maximum absolute atomic E-state index is 12.1. The van der Waals surface area contributed by atoms with Gasteiger partial charge in [0, 0.05) is 6.54 Å². The van der Waals surface area contributed by atoms with Gasteiger partial charge < -0.3 is 11.1 Å². The van der Waals surface area contributed by atoms with Crippen molar-refractivity contribution >= 4 is 17.7 Å². The van der Waals surface area contributed by atoms with Gasteiger partial charge in [0.05, 0.1) is 23.8 Å². The van der Waals surface area contributed by atoms with Crippen LogP contribution in [0.25, 0.3) is 0 Å². The maximum atomic E-state index is 12.1. The molecule has 0 saturated carbocycles. The lowest BCUT2D eigenvalue weighted by molar-refractivity contribution is -0.123. The molecular formula is C19H19N3O4. The summed E-state index contributed by atoms with van der Waals surface area (Å²) < 4.78 is 0. The third-order valence-corrected chi connectivity index (χ3v) is 4.01. The molecule has 3 N–H and O–H groups in total. The van der Waals surface area contributed by atoms with Crippen molar-refractivity contribution in [2.24, 2.45) is 5.73 Å². The molecule has 2 aromatic rings. The first-order chi connectivity index (χ1) is 12.6. The van der Waals surface area contributed by atoms with Crippen LogP contribution in [0.1, 0.15) is 26.3 Å². The summed E-state index contributed by atoms with van der Waals surface area (Å²) in [6, 6.07) is 15.3. The third-order valence-electron chi connectivity index (χ3n) is 4.01. The number of hydroxylamine groups is 2. The second kappa shape index (κ2) is 7.90. The molecule has 1 aliphatic heterocycles. The van der Waals surface area contributed by atoms with Gasteiger partial charge in [-0.15, -0.1) is 5.06 Å². The molecule has 0 aliphatic carbocycles. The Bertz CT molecular complexity index is 788. The molecule has 134 valence electrons. The summed E-state index contributed by atoms with van der Waals surface area (Å²) in [5.74, 6) is -1.32. The predicted octanol–water partition coefficient (Wildman–Crippen LogP) is 0.900. The first-order valence-electron chi connectivity index (χ1n) is 8.26. The van der Waals surface area contributed by atoms with E-state index in [9.17, 15) is 14.4 Å². The zero-order valence-corrected chi connectivity index (χ0v) is 14.1. The Hall–Kier alpha value is -3.03. The van der Waals surface area contributed by atoms with Crippen LogP contribution in [0, 0.1) is 0 Å². The average molecular weight is 353 g/mol. The van der Waals surface area contributed by atoms with Gasteiger partial charge in [0.15, 0.2) is 0 Å². The van der Waals surface area contributed by atoms with Gasteiger partial charge in [-0.1, -0.05) is 42.5 Å². The molecule has 3 amide bonds. The smallest absolute Gasteiger partial charge is 0.285 e. The number of hydrogen-bond donors (Lipinski definition) is 2. The molecular weight excluding hydrogens is 334 g/mol. The molecule has 26 heavy (non-hydrogen) atoms. The molecule has 0 spiro atoms. The summed E-state index contributed by atoms with van der Waals surface area (Å²) in [6.07, 6.45) is 0.423. The minimum atomic E-state index is -0.684. The largest absolute Gasteiger partial charge is 0.352 e. The summed E-state index contributed by atoms with van der Waals surface area (Å²) in [5, 5.41) is 3.36. The van der Waals surface area contributed by atoms with Crippen LogP contribution in [-0.2, 0) is 16.1 Å². The Morgan fingerprint density at radius 1 is 1.00 bits per heavy atom. The molecule has 0 fully saturated rings. The fraction of sp³-hybridized carbons (Fsp3) is 0.211. The van der Waals surface area contributed by atoms with E-state index in [4.69, 9.17) is 10.6 Å². The Morgan fingerprint density at radius 3 is 2.19 bits per heavy atom. The van der Waals surface area contributed by atoms with E-state index in [0.717, 1.165) is 10.6 Å². The van der Waals surface area contributed by atoms with Crippen molar-refractivity contribution < 1.29 is 19.2 Å². The highest BCUT2D eigenvalue weighted by Gasteiger charge is 2.36. The van der Waals surface area contributed by atoms with Gasteiger partial charge in [-0.25, -0.2) is 0 Å². The van der Waals surface area contributed by atoms with Crippen molar-refractivity contribution in [1.29, 1.82) is 0 Å². The Kier molecular flexibility index (Phi) is 5.40. The highest BCUT2D eigenvalue weighted by Crippen LogP contribution is 2.22. The van der Waals surface area contributed by atoms with Gasteiger partial charge in [-0.05, 0) is 24.1 Å². The Labute approximate surface area is 150 Å². The SMILES string of the molecule is N[C@@H](Cc1ccccc1)C(=O)NCCON1C(=O)c2ccccc2C1=O. The second-order valence-corrected chi connectivity index (χ2v) is 5.87. The Balaban J connectivity index is 1.44. The molecule has 0 aromatic heterocycles. The lowest BCUT2D eigenvalue weighted by Crippen LogP contribution is -2.43. The molecule has 3 rings (SSSR count). The van der Waals surface area contributed by atoms with E-state index in [1.54, 1.807) is 24.3 Å². The molecule has 0 radical (unpaired) electrons. The number of fused-ring (bicyclic) bond motifs is 1. The monoisotopic (exact) mass is 353 g/mol. The van der Waals surface area contributed by atoms with Crippen LogP contribution >= 0.6 is 0 Å². The molecule has 7 heteroatoms. The lowest BCUT2D eigenvalue weighted by Gasteiger charge is -2.15. The maximum Gasteiger partial charge on any atom is 0.285 e. The molecule has 0 unspecified atom stereocenters. The number of carbonyl (C=O) groups is 3. The van der Waals surface area contributed by atoms with Gasteiger partial charge in [0.2, 0.25) is 5.91 Å². The number of nitrogens with one attached hydrogen (secondary N) is 1. The number of imide groups is 1. The van der Waals surface area contributed by atoms with Gasteiger partial charge >= 0.3 is 0 Å². The lowest BCUT2D eigenvalue weighted by atomic mass is 10.1. The number of benzene rings is 2. The Morgan fingerprint density at radius 2 is 1.58 bits per heavy atom. The number of rotatable bonds is 7. The number of nitrogens with two attached hydrogens (primary N) is 1. The topological polar surface area (TPSA) is 102 Å². The third kappa shape index (κ3) is 3.79. The van der Waals surface area contributed by atoms with Crippen LogP contribution in [0.5, 0.6) is 0 Å². The number of hydrogen-bond acceptors (Lipinski definition) is 5. The minimum Gasteiger partial charge on any atom is -0.352 e. The first kappa shape index (κ1) is 17.8. The van der Waals surface area contributed by atoms with E-state index in [2.05, 4.69) is 5.32 Å². The quantitative estimate of drug-likeness (QED) is 0.569. The van der Waals surface area contributed by atoms with Crippen LogP contribution in [0.15, 0.2) is 54.6 Å². The van der Waals surface area contributed by atoms with Crippen LogP contribution < -0.4 is 11.1 Å². The van der Waals surface area contributed by atoms with Crippen molar-refractivity contribution in [3.05, 3.63) is 71.3 Å². The number of amides is 3. The zero-order chi connectivity index (χ0) is 18.5. The fourth-order valence-electron chi connectivity index (χ4n) is 2.69. The minimum absolute atomic E-state index is 0.0186. The predicted molar refractivity (Wildman–Crippen MR) is 94.0 cm³/mol. The normalized spacial score (nSPS) is 14.3. The van der Waals surface area contributed by atoms with E-state index in [1.807, 2.05) is 30.3 Å². The molecule has 0 bridgehead atoms. The van der Waals surface area contributed by atoms with Crippen LogP contribution in [0.2, 0.25) is 0 Å². The van der Waals surface area contributed by atoms with Gasteiger partial charge in [-0.2, -0.15) is 0 Å². The van der Waals surface area contributed by atoms with Crippen molar-refractivity contribution in [3.63, 3.8) is 0 Å². The fourth-order valence-corrected chi connectivity index (χ4v) is 2.69.